The summed E-state index contributed by atoms with van der Waals surface area (Å²) in [5.41, 5.74) is 1.21. The van der Waals surface area contributed by atoms with Crippen LogP contribution in [0.25, 0.3) is 5.32 Å². The maximum Gasteiger partial charge on any atom is 0.180 e. The minimum atomic E-state index is -0.340. The maximum absolute atomic E-state index is 13.7. The number of tetrazole rings is 1. The van der Waals surface area contributed by atoms with Gasteiger partial charge in [-0.3, -0.25) is 15.4 Å². The van der Waals surface area contributed by atoms with E-state index >= 15 is 0 Å². The average Bonchev–Trinajstić information content (AvgIpc) is 3.13. The second-order valence-corrected chi connectivity index (χ2v) is 5.42. The molecule has 1 heterocycles. The number of nitrogens with zero attached hydrogens (tertiary/aromatic N) is 4. The van der Waals surface area contributed by atoms with Crippen molar-refractivity contribution in [3.8, 4) is 11.5 Å². The molecule has 0 saturated heterocycles. The van der Waals surface area contributed by atoms with Crippen LogP contribution in [-0.4, -0.2) is 27.7 Å². The van der Waals surface area contributed by atoms with E-state index in [1.165, 1.54) is 13.2 Å². The molecule has 0 amide bonds. The van der Waals surface area contributed by atoms with Crippen molar-refractivity contribution in [3.05, 3.63) is 63.7 Å². The van der Waals surface area contributed by atoms with Gasteiger partial charge in [0.05, 0.1) is 18.1 Å². The van der Waals surface area contributed by atoms with Gasteiger partial charge in [0.2, 0.25) is 0 Å². The number of nitrogens with one attached hydrogen (secondary N) is 1. The van der Waals surface area contributed by atoms with Gasteiger partial charge in [-0.1, -0.05) is 29.8 Å². The minimum absolute atomic E-state index is 0.0370. The van der Waals surface area contributed by atoms with E-state index in [-0.39, 0.29) is 18.4 Å². The topological polar surface area (TPSA) is 87.0 Å². The predicted molar refractivity (Wildman–Crippen MR) is 89.6 cm³/mol. The first-order valence-electron chi connectivity index (χ1n) is 7.31. The second-order valence-electron chi connectivity index (χ2n) is 5.02. The van der Waals surface area contributed by atoms with Crippen LogP contribution < -0.4 is 9.47 Å². The van der Waals surface area contributed by atoms with E-state index in [9.17, 15) is 4.39 Å². The molecule has 0 saturated carbocycles. The molecule has 3 aromatic rings. The van der Waals surface area contributed by atoms with E-state index < -0.39 is 0 Å². The smallest absolute Gasteiger partial charge is 0.180 e. The van der Waals surface area contributed by atoms with E-state index in [0.717, 1.165) is 5.56 Å². The van der Waals surface area contributed by atoms with E-state index in [4.69, 9.17) is 21.1 Å². The van der Waals surface area contributed by atoms with Gasteiger partial charge in [0, 0.05) is 12.1 Å². The van der Waals surface area contributed by atoms with Crippen molar-refractivity contribution in [2.75, 3.05) is 7.11 Å². The largest absolute Gasteiger partial charge is 0.493 e. The molecule has 2 aromatic carbocycles. The Hall–Kier alpha value is -2.87. The molecule has 0 atom stereocenters. The molecule has 0 bridgehead atoms. The van der Waals surface area contributed by atoms with Gasteiger partial charge in [-0.2, -0.15) is 0 Å². The first kappa shape index (κ1) is 17.0. The number of halogens is 2. The highest BCUT2D eigenvalue weighted by Crippen LogP contribution is 2.37. The SMILES string of the molecule is COc1cc(C[N-]c2nn[nH]n2)cc(Cl)c1OCc1ccccc1F. The van der Waals surface area contributed by atoms with E-state index in [1.54, 1.807) is 30.3 Å². The zero-order chi connectivity index (χ0) is 17.6. The quantitative estimate of drug-likeness (QED) is 0.691. The molecule has 3 rings (SSSR count). The summed E-state index contributed by atoms with van der Waals surface area (Å²) in [6.07, 6.45) is 0. The summed E-state index contributed by atoms with van der Waals surface area (Å²) in [5.74, 6) is 0.681. The number of hydrogen-bond acceptors (Lipinski definition) is 5. The van der Waals surface area contributed by atoms with Crippen molar-refractivity contribution in [2.24, 2.45) is 0 Å². The number of hydrogen-bond donors (Lipinski definition) is 1. The van der Waals surface area contributed by atoms with Crippen LogP contribution in [0.4, 0.5) is 10.3 Å². The Morgan fingerprint density at radius 1 is 1.28 bits per heavy atom. The van der Waals surface area contributed by atoms with Crippen LogP contribution in [0.1, 0.15) is 11.1 Å². The highest BCUT2D eigenvalue weighted by atomic mass is 35.5. The van der Waals surface area contributed by atoms with Crippen molar-refractivity contribution in [1.29, 1.82) is 0 Å². The lowest BCUT2D eigenvalue weighted by atomic mass is 10.2. The van der Waals surface area contributed by atoms with E-state index in [2.05, 4.69) is 25.9 Å². The highest BCUT2D eigenvalue weighted by Gasteiger charge is 2.13. The van der Waals surface area contributed by atoms with Crippen LogP contribution in [0.15, 0.2) is 36.4 Å². The number of aromatic amines is 1. The maximum atomic E-state index is 13.7. The monoisotopic (exact) mass is 362 g/mol. The molecule has 9 heteroatoms. The molecule has 25 heavy (non-hydrogen) atoms. The first-order valence-corrected chi connectivity index (χ1v) is 7.68. The Morgan fingerprint density at radius 2 is 2.12 bits per heavy atom. The van der Waals surface area contributed by atoms with Gasteiger partial charge >= 0.3 is 0 Å². The fraction of sp³-hybridized carbons (Fsp3) is 0.188. The average molecular weight is 363 g/mol. The van der Waals surface area contributed by atoms with E-state index in [1.807, 2.05) is 0 Å². The summed E-state index contributed by atoms with van der Waals surface area (Å²) < 4.78 is 24.7. The molecule has 0 radical (unpaired) electrons. The lowest BCUT2D eigenvalue weighted by Gasteiger charge is -2.15. The third-order valence-electron chi connectivity index (χ3n) is 3.36. The van der Waals surface area contributed by atoms with Crippen molar-refractivity contribution < 1.29 is 13.9 Å². The number of benzene rings is 2. The van der Waals surface area contributed by atoms with Gasteiger partial charge in [-0.15, -0.1) is 5.21 Å². The molecule has 1 N–H and O–H groups in total. The van der Waals surface area contributed by atoms with Gasteiger partial charge in [0.25, 0.3) is 0 Å². The van der Waals surface area contributed by atoms with Crippen molar-refractivity contribution in [3.63, 3.8) is 0 Å². The summed E-state index contributed by atoms with van der Waals surface area (Å²) in [6, 6.07) is 9.82. The van der Waals surface area contributed by atoms with Crippen LogP contribution in [0, 0.1) is 5.82 Å². The second kappa shape index (κ2) is 7.80. The lowest BCUT2D eigenvalue weighted by molar-refractivity contribution is 0.280. The normalized spacial score (nSPS) is 10.5. The first-order chi connectivity index (χ1) is 12.2. The Labute approximate surface area is 148 Å². The van der Waals surface area contributed by atoms with Gasteiger partial charge in [-0.25, -0.2) is 4.39 Å². The molecule has 1 aromatic heterocycles. The van der Waals surface area contributed by atoms with Crippen molar-refractivity contribution in [1.82, 2.24) is 20.6 Å². The molecule has 0 fully saturated rings. The fourth-order valence-electron chi connectivity index (χ4n) is 2.16. The van der Waals surface area contributed by atoms with Crippen LogP contribution in [0.3, 0.4) is 0 Å². The number of rotatable bonds is 7. The van der Waals surface area contributed by atoms with Crippen molar-refractivity contribution in [2.45, 2.75) is 13.2 Å². The molecular formula is C16H14ClFN5O2-. The van der Waals surface area contributed by atoms with Crippen LogP contribution >= 0.6 is 11.6 Å². The highest BCUT2D eigenvalue weighted by molar-refractivity contribution is 6.32. The number of methoxy groups -OCH3 is 1. The number of ether oxygens (including phenoxy) is 2. The Bertz CT molecular complexity index is 845. The number of aromatic nitrogens is 4. The van der Waals surface area contributed by atoms with Crippen LogP contribution in [0.2, 0.25) is 5.02 Å². The molecule has 0 aliphatic rings. The third kappa shape index (κ3) is 4.16. The summed E-state index contributed by atoms with van der Waals surface area (Å²) in [7, 11) is 1.50. The molecule has 130 valence electrons. The summed E-state index contributed by atoms with van der Waals surface area (Å²) >= 11 is 6.29. The van der Waals surface area contributed by atoms with Gasteiger partial charge in [0.15, 0.2) is 11.5 Å². The number of H-pyrrole nitrogens is 1. The predicted octanol–water partition coefficient (Wildman–Crippen LogP) is 3.79. The molecule has 0 aliphatic carbocycles. The van der Waals surface area contributed by atoms with Gasteiger partial charge in [0.1, 0.15) is 12.4 Å². The fourth-order valence-corrected chi connectivity index (χ4v) is 2.44. The van der Waals surface area contributed by atoms with Gasteiger partial charge in [-0.05, 0) is 23.8 Å². The molecule has 0 unspecified atom stereocenters. The molecule has 0 spiro atoms. The summed E-state index contributed by atoms with van der Waals surface area (Å²) in [4.78, 5) is 0. The zero-order valence-corrected chi connectivity index (χ0v) is 14.0. The van der Waals surface area contributed by atoms with Crippen molar-refractivity contribution >= 4 is 17.5 Å². The summed E-state index contributed by atoms with van der Waals surface area (Å²) in [5, 5.41) is 17.8. The minimum Gasteiger partial charge on any atom is -0.493 e. The third-order valence-corrected chi connectivity index (χ3v) is 3.64. The van der Waals surface area contributed by atoms with E-state index in [0.29, 0.717) is 28.6 Å². The zero-order valence-electron chi connectivity index (χ0n) is 13.2. The molecular weight excluding hydrogens is 349 g/mol. The Kier molecular flexibility index (Phi) is 5.30. The molecule has 7 nitrogen and oxygen atoms in total. The Morgan fingerprint density at radius 3 is 2.84 bits per heavy atom. The standard InChI is InChI=1S/C16H14ClFN5O2/c1-24-14-7-10(8-19-16-20-22-23-21-16)6-12(17)15(14)25-9-11-4-2-3-5-13(11)18/h2-7H,8-9H2,1H3,(H-,19,20,21,22,23)/q-1. The van der Waals surface area contributed by atoms with Gasteiger partial charge < -0.3 is 14.8 Å². The lowest BCUT2D eigenvalue weighted by Crippen LogP contribution is -2.01. The summed E-state index contributed by atoms with van der Waals surface area (Å²) in [6.45, 7) is 0.332. The van der Waals surface area contributed by atoms with Crippen LogP contribution in [0.5, 0.6) is 11.5 Å². The Balaban J connectivity index is 1.74. The molecule has 0 aliphatic heterocycles. The van der Waals surface area contributed by atoms with Crippen LogP contribution in [-0.2, 0) is 13.2 Å².